The Kier molecular flexibility index (Phi) is 8.69. The Balaban J connectivity index is 0.00000243. The van der Waals surface area contributed by atoms with Crippen molar-refractivity contribution in [3.63, 3.8) is 0 Å². The Morgan fingerprint density at radius 2 is 1.77 bits per heavy atom. The van der Waals surface area contributed by atoms with Crippen molar-refractivity contribution in [1.29, 1.82) is 0 Å². The molecule has 6 heteroatoms. The zero-order valence-corrected chi connectivity index (χ0v) is 16.1. The predicted molar refractivity (Wildman–Crippen MR) is 106 cm³/mol. The summed E-state index contributed by atoms with van der Waals surface area (Å²) in [5.41, 5.74) is 6.87. The molecule has 1 saturated heterocycles. The summed E-state index contributed by atoms with van der Waals surface area (Å²) >= 11 is 0. The summed E-state index contributed by atoms with van der Waals surface area (Å²) in [4.78, 5) is 12.3. The van der Waals surface area contributed by atoms with E-state index >= 15 is 0 Å². The number of anilines is 1. The second-order valence-corrected chi connectivity index (χ2v) is 7.30. The number of nitrogens with two attached hydrogens (primary N) is 1. The molecule has 146 valence electrons. The Morgan fingerprint density at radius 1 is 1.12 bits per heavy atom. The number of amides is 1. The van der Waals surface area contributed by atoms with Crippen molar-refractivity contribution in [3.8, 4) is 5.75 Å². The highest BCUT2D eigenvalue weighted by atomic mass is 35.5. The highest BCUT2D eigenvalue weighted by molar-refractivity contribution is 5.94. The minimum Gasteiger partial charge on any atom is -0.493 e. The van der Waals surface area contributed by atoms with Gasteiger partial charge in [-0.2, -0.15) is 0 Å². The molecule has 26 heavy (non-hydrogen) atoms. The molecular formula is C20H31ClN2O3. The zero-order chi connectivity index (χ0) is 17.5. The third-order valence-corrected chi connectivity index (χ3v) is 5.41. The van der Waals surface area contributed by atoms with Crippen molar-refractivity contribution in [2.75, 3.05) is 25.1 Å². The lowest BCUT2D eigenvalue weighted by Crippen LogP contribution is -2.43. The summed E-state index contributed by atoms with van der Waals surface area (Å²) in [6.45, 7) is 2.18. The van der Waals surface area contributed by atoms with Crippen LogP contribution in [0.3, 0.4) is 0 Å². The summed E-state index contributed by atoms with van der Waals surface area (Å²) in [6.07, 6.45) is 8.27. The minimum atomic E-state index is -0.480. The molecule has 2 aliphatic rings. The number of halogens is 1. The topological polar surface area (TPSA) is 73.6 Å². The van der Waals surface area contributed by atoms with Gasteiger partial charge in [-0.15, -0.1) is 12.4 Å². The molecule has 1 aromatic carbocycles. The van der Waals surface area contributed by atoms with Crippen LogP contribution >= 0.6 is 12.4 Å². The minimum absolute atomic E-state index is 0. The molecule has 1 heterocycles. The van der Waals surface area contributed by atoms with E-state index in [2.05, 4.69) is 5.32 Å². The Labute approximate surface area is 162 Å². The molecule has 1 amide bonds. The van der Waals surface area contributed by atoms with E-state index < -0.39 is 6.04 Å². The van der Waals surface area contributed by atoms with Gasteiger partial charge in [0.15, 0.2) is 0 Å². The lowest BCUT2D eigenvalue weighted by atomic mass is 9.90. The van der Waals surface area contributed by atoms with Crippen LogP contribution in [0, 0.1) is 11.8 Å². The quantitative estimate of drug-likeness (QED) is 0.785. The van der Waals surface area contributed by atoms with Gasteiger partial charge in [-0.3, -0.25) is 4.79 Å². The van der Waals surface area contributed by atoms with E-state index in [1.54, 1.807) is 0 Å². The van der Waals surface area contributed by atoms with Crippen LogP contribution < -0.4 is 15.8 Å². The van der Waals surface area contributed by atoms with Crippen molar-refractivity contribution in [1.82, 2.24) is 0 Å². The number of carbonyl (C=O) groups excluding carboxylic acids is 1. The van der Waals surface area contributed by atoms with Crippen molar-refractivity contribution >= 4 is 24.0 Å². The highest BCUT2D eigenvalue weighted by Crippen LogP contribution is 2.25. The van der Waals surface area contributed by atoms with Crippen molar-refractivity contribution in [2.45, 2.75) is 51.0 Å². The smallest absolute Gasteiger partial charge is 0.241 e. The molecule has 2 fully saturated rings. The van der Waals surface area contributed by atoms with Gasteiger partial charge in [0.2, 0.25) is 5.91 Å². The molecule has 5 nitrogen and oxygen atoms in total. The van der Waals surface area contributed by atoms with Gasteiger partial charge in [-0.25, -0.2) is 0 Å². The molecule has 1 aromatic rings. The third kappa shape index (κ3) is 6.15. The van der Waals surface area contributed by atoms with Gasteiger partial charge in [0.1, 0.15) is 5.75 Å². The lowest BCUT2D eigenvalue weighted by Gasteiger charge is -2.26. The monoisotopic (exact) mass is 382 g/mol. The molecule has 0 radical (unpaired) electrons. The Morgan fingerprint density at radius 3 is 2.42 bits per heavy atom. The van der Waals surface area contributed by atoms with E-state index in [1.807, 2.05) is 24.3 Å². The van der Waals surface area contributed by atoms with Crippen LogP contribution in [0.2, 0.25) is 0 Å². The number of hydrogen-bond acceptors (Lipinski definition) is 4. The Bertz CT molecular complexity index is 540. The van der Waals surface area contributed by atoms with Crippen LogP contribution in [-0.2, 0) is 9.53 Å². The summed E-state index contributed by atoms with van der Waals surface area (Å²) < 4.78 is 11.2. The standard InChI is InChI=1S/C20H30N2O3.ClH/c21-19(16-10-12-24-13-11-16)20(23)22-17-6-8-18(9-7-17)25-14-15-4-2-1-3-5-15;/h6-9,15-16,19H,1-5,10-14,21H2,(H,22,23);1H. The average molecular weight is 383 g/mol. The summed E-state index contributed by atoms with van der Waals surface area (Å²) in [5, 5.41) is 2.91. The Hall–Kier alpha value is -1.30. The second kappa shape index (κ2) is 10.8. The summed E-state index contributed by atoms with van der Waals surface area (Å²) in [5.74, 6) is 1.62. The molecule has 1 aliphatic heterocycles. The first kappa shape index (κ1) is 21.0. The predicted octanol–water partition coefficient (Wildman–Crippen LogP) is 3.76. The van der Waals surface area contributed by atoms with Gasteiger partial charge in [0, 0.05) is 18.9 Å². The van der Waals surface area contributed by atoms with Crippen LogP contribution in [0.5, 0.6) is 5.75 Å². The van der Waals surface area contributed by atoms with E-state index in [0.29, 0.717) is 19.1 Å². The molecule has 3 rings (SSSR count). The molecule has 1 saturated carbocycles. The van der Waals surface area contributed by atoms with Gasteiger partial charge in [0.05, 0.1) is 12.6 Å². The molecule has 0 spiro atoms. The molecule has 1 unspecified atom stereocenters. The van der Waals surface area contributed by atoms with Gasteiger partial charge < -0.3 is 20.5 Å². The fraction of sp³-hybridized carbons (Fsp3) is 0.650. The maximum absolute atomic E-state index is 12.3. The lowest BCUT2D eigenvalue weighted by molar-refractivity contribution is -0.119. The fourth-order valence-corrected chi connectivity index (χ4v) is 3.72. The number of nitrogens with one attached hydrogen (secondary N) is 1. The number of rotatable bonds is 6. The number of ether oxygens (including phenoxy) is 2. The van der Waals surface area contributed by atoms with E-state index in [0.717, 1.165) is 30.9 Å². The molecular weight excluding hydrogens is 352 g/mol. The van der Waals surface area contributed by atoms with Crippen molar-refractivity contribution < 1.29 is 14.3 Å². The number of benzene rings is 1. The van der Waals surface area contributed by atoms with Gasteiger partial charge in [-0.05, 0) is 61.8 Å². The van der Waals surface area contributed by atoms with E-state index in [-0.39, 0.29) is 24.2 Å². The van der Waals surface area contributed by atoms with E-state index in [1.165, 1.54) is 32.1 Å². The fourth-order valence-electron chi connectivity index (χ4n) is 3.72. The normalized spacial score (nSPS) is 20.0. The van der Waals surface area contributed by atoms with Crippen LogP contribution in [0.15, 0.2) is 24.3 Å². The van der Waals surface area contributed by atoms with Crippen molar-refractivity contribution in [3.05, 3.63) is 24.3 Å². The maximum Gasteiger partial charge on any atom is 0.241 e. The van der Waals surface area contributed by atoms with Gasteiger partial charge in [-0.1, -0.05) is 19.3 Å². The van der Waals surface area contributed by atoms with Crippen molar-refractivity contribution in [2.24, 2.45) is 17.6 Å². The molecule has 0 bridgehead atoms. The maximum atomic E-state index is 12.3. The molecule has 1 atom stereocenters. The average Bonchev–Trinajstić information content (AvgIpc) is 2.68. The van der Waals surface area contributed by atoms with Crippen LogP contribution in [0.1, 0.15) is 44.9 Å². The van der Waals surface area contributed by atoms with Crippen LogP contribution in [-0.4, -0.2) is 31.8 Å². The van der Waals surface area contributed by atoms with Gasteiger partial charge >= 0.3 is 0 Å². The first-order valence-corrected chi connectivity index (χ1v) is 9.59. The summed E-state index contributed by atoms with van der Waals surface area (Å²) in [7, 11) is 0. The molecule has 0 aromatic heterocycles. The van der Waals surface area contributed by atoms with E-state index in [9.17, 15) is 4.79 Å². The number of hydrogen-bond donors (Lipinski definition) is 2. The van der Waals surface area contributed by atoms with E-state index in [4.69, 9.17) is 15.2 Å². The second-order valence-electron chi connectivity index (χ2n) is 7.30. The third-order valence-electron chi connectivity index (χ3n) is 5.41. The van der Waals surface area contributed by atoms with Crippen LogP contribution in [0.25, 0.3) is 0 Å². The zero-order valence-electron chi connectivity index (χ0n) is 15.3. The largest absolute Gasteiger partial charge is 0.493 e. The molecule has 1 aliphatic carbocycles. The SMILES string of the molecule is Cl.NC(C(=O)Nc1ccc(OCC2CCCCC2)cc1)C1CCOCC1. The summed E-state index contributed by atoms with van der Waals surface area (Å²) in [6, 6.07) is 7.11. The first-order valence-electron chi connectivity index (χ1n) is 9.59. The molecule has 3 N–H and O–H groups in total. The first-order chi connectivity index (χ1) is 12.2. The number of carbonyl (C=O) groups is 1. The van der Waals surface area contributed by atoms with Crippen LogP contribution in [0.4, 0.5) is 5.69 Å². The van der Waals surface area contributed by atoms with Gasteiger partial charge in [0.25, 0.3) is 0 Å². The highest BCUT2D eigenvalue weighted by Gasteiger charge is 2.26.